The number of piperidine rings is 1. The predicted octanol–water partition coefficient (Wildman–Crippen LogP) is 2.75. The fraction of sp³-hybridized carbons (Fsp3) is 0.333. The molecule has 1 saturated heterocycles. The lowest BCUT2D eigenvalue weighted by atomic mass is 10.1. The topological polar surface area (TPSA) is 89.3 Å². The Morgan fingerprint density at radius 3 is 2.84 bits per heavy atom. The van der Waals surface area contributed by atoms with E-state index in [2.05, 4.69) is 22.8 Å². The van der Waals surface area contributed by atoms with Crippen LogP contribution in [-0.4, -0.2) is 55.8 Å². The summed E-state index contributed by atoms with van der Waals surface area (Å²) in [6.07, 6.45) is 1.91. The highest BCUT2D eigenvalue weighted by Gasteiger charge is 2.23. The van der Waals surface area contributed by atoms with E-state index in [1.807, 2.05) is 46.8 Å². The van der Waals surface area contributed by atoms with Crippen LogP contribution in [-0.2, 0) is 13.6 Å². The van der Waals surface area contributed by atoms with Crippen LogP contribution in [0.3, 0.4) is 0 Å². The summed E-state index contributed by atoms with van der Waals surface area (Å²) < 4.78 is 4.14. The summed E-state index contributed by atoms with van der Waals surface area (Å²) in [5.41, 5.74) is 10.5. The van der Waals surface area contributed by atoms with Gasteiger partial charge in [0.25, 0.3) is 5.91 Å². The molecule has 0 aliphatic carbocycles. The number of hydrogen-bond acceptors (Lipinski definition) is 4. The van der Waals surface area contributed by atoms with Crippen LogP contribution in [0.15, 0.2) is 48.5 Å². The van der Waals surface area contributed by atoms with Crippen molar-refractivity contribution < 1.29 is 9.90 Å². The summed E-state index contributed by atoms with van der Waals surface area (Å²) in [5.74, 6) is 0.822. The third kappa shape index (κ3) is 3.40. The second-order valence-electron chi connectivity index (χ2n) is 8.32. The number of aryl methyl sites for hydroxylation is 1. The van der Waals surface area contributed by atoms with Gasteiger partial charge in [0.15, 0.2) is 5.82 Å². The molecule has 3 heterocycles. The maximum Gasteiger partial charge on any atom is 0.253 e. The Bertz CT molecular complexity index is 1270. The number of carbonyl (C=O) groups is 1. The molecule has 7 heteroatoms. The lowest BCUT2D eigenvalue weighted by Crippen LogP contribution is -2.45. The Morgan fingerprint density at radius 1 is 1.19 bits per heavy atom. The molecule has 1 atom stereocenters. The second kappa shape index (κ2) is 7.83. The van der Waals surface area contributed by atoms with Gasteiger partial charge in [-0.2, -0.15) is 0 Å². The first-order chi connectivity index (χ1) is 15.1. The van der Waals surface area contributed by atoms with Crippen LogP contribution in [0.4, 0.5) is 0 Å². The standard InChI is InChI=1S/C24H27N5O2/c1-27-21-9-8-17(24(31)28-10-4-6-18(25)15-28)13-19(21)26-23(27)22-14-16-5-2-3-7-20(16)29(22)11-12-30/h2-3,5,7-9,13-14,18,30H,4,6,10-12,15,25H2,1H3/t18-/m1/s1. The molecule has 1 aliphatic rings. The van der Waals surface area contributed by atoms with Crippen LogP contribution in [0.1, 0.15) is 23.2 Å². The van der Waals surface area contributed by atoms with Crippen molar-refractivity contribution in [3.8, 4) is 11.5 Å². The minimum Gasteiger partial charge on any atom is -0.395 e. The summed E-state index contributed by atoms with van der Waals surface area (Å²) >= 11 is 0. The number of nitrogens with zero attached hydrogens (tertiary/aromatic N) is 4. The number of aliphatic hydroxyl groups is 1. The maximum atomic E-state index is 13.0. The molecule has 0 unspecified atom stereocenters. The maximum absolute atomic E-state index is 13.0. The van der Waals surface area contributed by atoms with E-state index in [0.29, 0.717) is 18.7 Å². The van der Waals surface area contributed by atoms with Gasteiger partial charge in [0.1, 0.15) is 0 Å². The highest BCUT2D eigenvalue weighted by Crippen LogP contribution is 2.30. The highest BCUT2D eigenvalue weighted by molar-refractivity contribution is 5.98. The molecule has 5 rings (SSSR count). The lowest BCUT2D eigenvalue weighted by Gasteiger charge is -2.30. The fourth-order valence-electron chi connectivity index (χ4n) is 4.68. The number of rotatable bonds is 4. The van der Waals surface area contributed by atoms with Crippen molar-refractivity contribution in [1.29, 1.82) is 0 Å². The Hall–Kier alpha value is -3.16. The monoisotopic (exact) mass is 417 g/mol. The third-order valence-corrected chi connectivity index (χ3v) is 6.24. The fourth-order valence-corrected chi connectivity index (χ4v) is 4.68. The molecule has 1 fully saturated rings. The van der Waals surface area contributed by atoms with Crippen molar-refractivity contribution in [1.82, 2.24) is 19.0 Å². The Balaban J connectivity index is 1.57. The van der Waals surface area contributed by atoms with Crippen molar-refractivity contribution in [3.63, 3.8) is 0 Å². The molecule has 1 amide bonds. The predicted molar refractivity (Wildman–Crippen MR) is 122 cm³/mol. The minimum absolute atomic E-state index is 0.0126. The van der Waals surface area contributed by atoms with Crippen molar-refractivity contribution in [3.05, 3.63) is 54.1 Å². The molecule has 1 aliphatic heterocycles. The zero-order valence-electron chi connectivity index (χ0n) is 17.7. The number of nitrogens with two attached hydrogens (primary N) is 1. The summed E-state index contributed by atoms with van der Waals surface area (Å²) in [6, 6.07) is 16.0. The van der Waals surface area contributed by atoms with Gasteiger partial charge in [-0.05, 0) is 43.2 Å². The average Bonchev–Trinajstić information content (AvgIpc) is 3.31. The molecule has 0 saturated carbocycles. The number of carbonyl (C=O) groups excluding carboxylic acids is 1. The van der Waals surface area contributed by atoms with Crippen LogP contribution in [0.5, 0.6) is 0 Å². The molecule has 0 bridgehead atoms. The number of para-hydroxylation sites is 1. The third-order valence-electron chi connectivity index (χ3n) is 6.24. The largest absolute Gasteiger partial charge is 0.395 e. The van der Waals surface area contributed by atoms with Crippen LogP contribution in [0, 0.1) is 0 Å². The Labute approximate surface area is 180 Å². The van der Waals surface area contributed by atoms with E-state index in [-0.39, 0.29) is 18.6 Å². The quantitative estimate of drug-likeness (QED) is 0.534. The van der Waals surface area contributed by atoms with Crippen LogP contribution >= 0.6 is 0 Å². The number of aromatic nitrogens is 3. The summed E-state index contributed by atoms with van der Waals surface area (Å²) in [5, 5.41) is 10.7. The number of imidazole rings is 1. The van der Waals surface area contributed by atoms with E-state index in [0.717, 1.165) is 52.8 Å². The normalized spacial score (nSPS) is 17.0. The first-order valence-corrected chi connectivity index (χ1v) is 10.8. The molecule has 0 radical (unpaired) electrons. The van der Waals surface area contributed by atoms with Gasteiger partial charge in [-0.15, -0.1) is 0 Å². The smallest absolute Gasteiger partial charge is 0.253 e. The van der Waals surface area contributed by atoms with Crippen molar-refractivity contribution in [2.75, 3.05) is 19.7 Å². The number of hydrogen-bond donors (Lipinski definition) is 2. The molecule has 7 nitrogen and oxygen atoms in total. The lowest BCUT2D eigenvalue weighted by molar-refractivity contribution is 0.0709. The van der Waals surface area contributed by atoms with E-state index in [4.69, 9.17) is 10.7 Å². The molecular formula is C24H27N5O2. The number of amides is 1. The van der Waals surface area contributed by atoms with E-state index >= 15 is 0 Å². The van der Waals surface area contributed by atoms with E-state index in [1.165, 1.54) is 0 Å². The molecule has 160 valence electrons. The number of likely N-dealkylation sites (tertiary alicyclic amines) is 1. The van der Waals surface area contributed by atoms with Gasteiger partial charge in [-0.3, -0.25) is 4.79 Å². The van der Waals surface area contributed by atoms with Crippen molar-refractivity contribution >= 4 is 27.8 Å². The zero-order valence-corrected chi connectivity index (χ0v) is 17.7. The molecule has 3 N–H and O–H groups in total. The summed E-state index contributed by atoms with van der Waals surface area (Å²) in [4.78, 5) is 19.7. The molecule has 2 aromatic carbocycles. The first-order valence-electron chi connectivity index (χ1n) is 10.8. The van der Waals surface area contributed by atoms with Crippen LogP contribution < -0.4 is 5.73 Å². The van der Waals surface area contributed by atoms with Gasteiger partial charge in [-0.25, -0.2) is 4.98 Å². The molecular weight excluding hydrogens is 390 g/mol. The Morgan fingerprint density at radius 2 is 2.03 bits per heavy atom. The molecule has 31 heavy (non-hydrogen) atoms. The molecule has 4 aromatic rings. The van der Waals surface area contributed by atoms with Crippen molar-refractivity contribution in [2.45, 2.75) is 25.4 Å². The van der Waals surface area contributed by atoms with Gasteiger partial charge in [-0.1, -0.05) is 18.2 Å². The zero-order chi connectivity index (χ0) is 21.5. The Kier molecular flexibility index (Phi) is 5.00. The number of fused-ring (bicyclic) bond motifs is 2. The van der Waals surface area contributed by atoms with Gasteiger partial charge in [0.05, 0.1) is 23.3 Å². The van der Waals surface area contributed by atoms with Gasteiger partial charge >= 0.3 is 0 Å². The van der Waals surface area contributed by atoms with E-state index in [9.17, 15) is 9.90 Å². The average molecular weight is 418 g/mol. The van der Waals surface area contributed by atoms with Gasteiger partial charge < -0.3 is 24.9 Å². The molecule has 2 aromatic heterocycles. The van der Waals surface area contributed by atoms with E-state index in [1.54, 1.807) is 0 Å². The van der Waals surface area contributed by atoms with Crippen LogP contribution in [0.2, 0.25) is 0 Å². The first kappa shape index (κ1) is 19.8. The van der Waals surface area contributed by atoms with Gasteiger partial charge in [0, 0.05) is 49.2 Å². The number of aliphatic hydroxyl groups excluding tert-OH is 1. The second-order valence-corrected chi connectivity index (χ2v) is 8.32. The highest BCUT2D eigenvalue weighted by atomic mass is 16.3. The van der Waals surface area contributed by atoms with Crippen LogP contribution in [0.25, 0.3) is 33.5 Å². The van der Waals surface area contributed by atoms with Gasteiger partial charge in [0.2, 0.25) is 0 Å². The minimum atomic E-state index is 0.0126. The van der Waals surface area contributed by atoms with E-state index < -0.39 is 0 Å². The summed E-state index contributed by atoms with van der Waals surface area (Å²) in [7, 11) is 1.98. The SMILES string of the molecule is Cn1c(-c2cc3ccccc3n2CCO)nc2cc(C(=O)N3CCC[C@@H](N)C3)ccc21. The number of benzene rings is 2. The summed E-state index contributed by atoms with van der Waals surface area (Å²) in [6.45, 7) is 1.89. The van der Waals surface area contributed by atoms with Crippen molar-refractivity contribution in [2.24, 2.45) is 12.8 Å². The molecule has 0 spiro atoms.